The van der Waals surface area contributed by atoms with Gasteiger partial charge in [0.15, 0.2) is 0 Å². The average Bonchev–Trinajstić information content (AvgIpc) is 2.38. The fourth-order valence-electron chi connectivity index (χ4n) is 2.17. The summed E-state index contributed by atoms with van der Waals surface area (Å²) in [7, 11) is 0. The second kappa shape index (κ2) is 5.46. The Labute approximate surface area is 108 Å². The summed E-state index contributed by atoms with van der Waals surface area (Å²) in [5.74, 6) is -1.34. The highest BCUT2D eigenvalue weighted by atomic mass is 19.4. The van der Waals surface area contributed by atoms with Crippen molar-refractivity contribution in [2.24, 2.45) is 0 Å². The Kier molecular flexibility index (Phi) is 4.10. The topological polar surface area (TPSA) is 29.5 Å². The summed E-state index contributed by atoms with van der Waals surface area (Å²) < 4.78 is 56.2. The number of benzene rings is 1. The largest absolute Gasteiger partial charge is 0.419 e. The molecule has 1 N–H and O–H groups in total. The highest BCUT2D eigenvalue weighted by molar-refractivity contribution is 5.29. The van der Waals surface area contributed by atoms with Crippen LogP contribution in [-0.4, -0.2) is 17.8 Å². The van der Waals surface area contributed by atoms with Gasteiger partial charge in [0.1, 0.15) is 11.9 Å². The van der Waals surface area contributed by atoms with Crippen LogP contribution >= 0.6 is 0 Å². The van der Waals surface area contributed by atoms with Gasteiger partial charge in [-0.05, 0) is 37.0 Å². The number of hydrogen-bond acceptors (Lipinski definition) is 2. The summed E-state index contributed by atoms with van der Waals surface area (Å²) >= 11 is 0. The third-order valence-corrected chi connectivity index (χ3v) is 3.20. The first-order valence-corrected chi connectivity index (χ1v) is 6.06. The summed E-state index contributed by atoms with van der Waals surface area (Å²) in [6, 6.07) is 2.54. The Balaban J connectivity index is 2.24. The van der Waals surface area contributed by atoms with E-state index in [0.717, 1.165) is 25.0 Å². The van der Waals surface area contributed by atoms with Crippen molar-refractivity contribution in [3.63, 3.8) is 0 Å². The van der Waals surface area contributed by atoms with Crippen LogP contribution in [-0.2, 0) is 10.9 Å². The fraction of sp³-hybridized carbons (Fsp3) is 0.538. The van der Waals surface area contributed by atoms with Gasteiger partial charge in [-0.2, -0.15) is 13.2 Å². The second-order valence-corrected chi connectivity index (χ2v) is 4.59. The molecular weight excluding hydrogens is 264 g/mol. The number of halogens is 4. The van der Waals surface area contributed by atoms with Gasteiger partial charge in [-0.15, -0.1) is 0 Å². The van der Waals surface area contributed by atoms with Gasteiger partial charge in [-0.3, -0.25) is 0 Å². The van der Waals surface area contributed by atoms with Gasteiger partial charge in [0, 0.05) is 6.61 Å². The zero-order valence-corrected chi connectivity index (χ0v) is 10.1. The lowest BCUT2D eigenvalue weighted by Crippen LogP contribution is -2.26. The van der Waals surface area contributed by atoms with Crippen LogP contribution < -0.4 is 0 Å². The van der Waals surface area contributed by atoms with Gasteiger partial charge < -0.3 is 9.84 Å². The Morgan fingerprint density at radius 3 is 2.58 bits per heavy atom. The van der Waals surface area contributed by atoms with Crippen molar-refractivity contribution in [3.8, 4) is 0 Å². The molecule has 0 radical (unpaired) electrons. The van der Waals surface area contributed by atoms with Gasteiger partial charge in [0.05, 0.1) is 11.7 Å². The van der Waals surface area contributed by atoms with Crippen LogP contribution in [0.2, 0.25) is 0 Å². The highest BCUT2D eigenvalue weighted by Gasteiger charge is 2.35. The van der Waals surface area contributed by atoms with Gasteiger partial charge in [-0.1, -0.05) is 6.07 Å². The van der Waals surface area contributed by atoms with E-state index in [-0.39, 0.29) is 5.56 Å². The summed E-state index contributed by atoms with van der Waals surface area (Å²) in [4.78, 5) is 0. The monoisotopic (exact) mass is 278 g/mol. The zero-order valence-electron chi connectivity index (χ0n) is 10.1. The minimum Gasteiger partial charge on any atom is -0.386 e. The van der Waals surface area contributed by atoms with E-state index in [9.17, 15) is 22.7 Å². The number of hydrogen-bond donors (Lipinski definition) is 1. The van der Waals surface area contributed by atoms with Crippen molar-refractivity contribution >= 4 is 0 Å². The van der Waals surface area contributed by atoms with Crippen LogP contribution in [0.5, 0.6) is 0 Å². The highest BCUT2D eigenvalue weighted by Crippen LogP contribution is 2.34. The van der Waals surface area contributed by atoms with Gasteiger partial charge in [0.2, 0.25) is 0 Å². The number of alkyl halides is 3. The summed E-state index contributed by atoms with van der Waals surface area (Å²) in [6.45, 7) is 0.481. The SMILES string of the molecule is OC(c1ccc(F)c(C(F)(F)F)c1)C1CCCCO1. The van der Waals surface area contributed by atoms with E-state index in [1.54, 1.807) is 0 Å². The van der Waals surface area contributed by atoms with Crippen molar-refractivity contribution in [2.75, 3.05) is 6.61 Å². The predicted molar refractivity (Wildman–Crippen MR) is 60.0 cm³/mol. The van der Waals surface area contributed by atoms with E-state index >= 15 is 0 Å². The van der Waals surface area contributed by atoms with Crippen molar-refractivity contribution in [1.29, 1.82) is 0 Å². The lowest BCUT2D eigenvalue weighted by atomic mass is 9.96. The first-order valence-electron chi connectivity index (χ1n) is 6.06. The van der Waals surface area contributed by atoms with E-state index in [1.165, 1.54) is 0 Å². The van der Waals surface area contributed by atoms with Crippen molar-refractivity contribution in [1.82, 2.24) is 0 Å². The number of rotatable bonds is 2. The van der Waals surface area contributed by atoms with E-state index in [2.05, 4.69) is 0 Å². The molecular formula is C13H14F4O2. The number of aliphatic hydroxyl groups excluding tert-OH is 1. The van der Waals surface area contributed by atoms with Crippen LogP contribution in [0.25, 0.3) is 0 Å². The molecule has 0 aromatic heterocycles. The predicted octanol–water partition coefficient (Wildman–Crippen LogP) is 3.45. The molecule has 1 aliphatic heterocycles. The van der Waals surface area contributed by atoms with Gasteiger partial charge in [-0.25, -0.2) is 4.39 Å². The van der Waals surface area contributed by atoms with Crippen LogP contribution in [0.4, 0.5) is 17.6 Å². The van der Waals surface area contributed by atoms with E-state index in [1.807, 2.05) is 0 Å². The maximum Gasteiger partial charge on any atom is 0.419 e. The van der Waals surface area contributed by atoms with Gasteiger partial charge in [0.25, 0.3) is 0 Å². The smallest absolute Gasteiger partial charge is 0.386 e. The van der Waals surface area contributed by atoms with Gasteiger partial charge >= 0.3 is 6.18 Å². The average molecular weight is 278 g/mol. The summed E-state index contributed by atoms with van der Waals surface area (Å²) in [6.07, 6.45) is -4.15. The lowest BCUT2D eigenvalue weighted by molar-refractivity contribution is -0.140. The molecule has 2 atom stereocenters. The molecule has 2 rings (SSSR count). The van der Waals surface area contributed by atoms with Crippen LogP contribution in [0.1, 0.15) is 36.5 Å². The lowest BCUT2D eigenvalue weighted by Gasteiger charge is -2.27. The van der Waals surface area contributed by atoms with E-state index in [0.29, 0.717) is 19.1 Å². The molecule has 1 saturated heterocycles. The molecule has 0 saturated carbocycles. The van der Waals surface area contributed by atoms with Crippen LogP contribution in [0.15, 0.2) is 18.2 Å². The number of aliphatic hydroxyl groups is 1. The number of ether oxygens (including phenoxy) is 1. The van der Waals surface area contributed by atoms with Crippen molar-refractivity contribution in [3.05, 3.63) is 35.1 Å². The molecule has 0 amide bonds. The molecule has 6 heteroatoms. The standard InChI is InChI=1S/C13H14F4O2/c14-10-5-4-8(7-9(10)13(15,16)17)12(18)11-3-1-2-6-19-11/h4-5,7,11-12,18H,1-3,6H2. The molecule has 1 aromatic carbocycles. The maximum absolute atomic E-state index is 13.1. The Hall–Kier alpha value is -1.14. The molecule has 19 heavy (non-hydrogen) atoms. The second-order valence-electron chi connectivity index (χ2n) is 4.59. The minimum atomic E-state index is -4.77. The summed E-state index contributed by atoms with van der Waals surface area (Å²) in [5.41, 5.74) is -1.33. The third kappa shape index (κ3) is 3.25. The molecule has 106 valence electrons. The fourth-order valence-corrected chi connectivity index (χ4v) is 2.17. The normalized spacial score (nSPS) is 22.3. The molecule has 1 fully saturated rings. The third-order valence-electron chi connectivity index (χ3n) is 3.20. The quantitative estimate of drug-likeness (QED) is 0.840. The molecule has 0 bridgehead atoms. The Morgan fingerprint density at radius 2 is 2.00 bits per heavy atom. The van der Waals surface area contributed by atoms with Crippen molar-refractivity contribution in [2.45, 2.75) is 37.6 Å². The molecule has 1 aliphatic rings. The zero-order chi connectivity index (χ0) is 14.0. The molecule has 2 nitrogen and oxygen atoms in total. The molecule has 1 aromatic rings. The molecule has 1 heterocycles. The van der Waals surface area contributed by atoms with Crippen molar-refractivity contribution < 1.29 is 27.4 Å². The summed E-state index contributed by atoms with van der Waals surface area (Å²) in [5, 5.41) is 10.0. The van der Waals surface area contributed by atoms with Crippen LogP contribution in [0.3, 0.4) is 0 Å². The Bertz CT molecular complexity index is 439. The molecule has 0 aliphatic carbocycles. The van der Waals surface area contributed by atoms with E-state index in [4.69, 9.17) is 4.74 Å². The first kappa shape index (κ1) is 14.3. The Morgan fingerprint density at radius 1 is 1.26 bits per heavy atom. The van der Waals surface area contributed by atoms with Crippen LogP contribution in [0, 0.1) is 5.82 Å². The molecule has 2 unspecified atom stereocenters. The maximum atomic E-state index is 13.1. The van der Waals surface area contributed by atoms with E-state index < -0.39 is 29.8 Å². The first-order chi connectivity index (χ1) is 8.89. The minimum absolute atomic E-state index is 0.0284. The molecule has 0 spiro atoms.